The van der Waals surface area contributed by atoms with E-state index in [2.05, 4.69) is 26.6 Å². The number of benzene rings is 1. The zero-order valence-corrected chi connectivity index (χ0v) is 32.4. The number of amides is 8. The second-order valence-corrected chi connectivity index (χ2v) is 13.3. The van der Waals surface area contributed by atoms with Gasteiger partial charge in [0.25, 0.3) is 0 Å². The maximum Gasteiger partial charge on any atom is 0.326 e. The van der Waals surface area contributed by atoms with Crippen LogP contribution in [-0.2, 0) is 64.0 Å². The van der Waals surface area contributed by atoms with Crippen LogP contribution in [0.1, 0.15) is 56.9 Å². The van der Waals surface area contributed by atoms with Crippen molar-refractivity contribution in [1.82, 2.24) is 31.9 Å². The highest BCUT2D eigenvalue weighted by Gasteiger charge is 2.35. The molecule has 26 nitrogen and oxygen atoms in total. The average molecular weight is 868 g/mol. The van der Waals surface area contributed by atoms with Crippen molar-refractivity contribution in [2.75, 3.05) is 6.61 Å². The summed E-state index contributed by atoms with van der Waals surface area (Å²) in [5.41, 5.74) is 16.2. The smallest absolute Gasteiger partial charge is 0.326 e. The third kappa shape index (κ3) is 20.3. The molecule has 1 aromatic carbocycles. The van der Waals surface area contributed by atoms with Gasteiger partial charge in [0.15, 0.2) is 0 Å². The molecule has 0 radical (unpaired) electrons. The normalized spacial score (nSPS) is 14.1. The molecule has 7 atom stereocenters. The maximum absolute atomic E-state index is 13.7. The van der Waals surface area contributed by atoms with Crippen LogP contribution in [0.3, 0.4) is 0 Å². The number of rotatable bonds is 29. The van der Waals surface area contributed by atoms with E-state index in [4.69, 9.17) is 22.3 Å². The second kappa shape index (κ2) is 26.0. The Hall–Kier alpha value is -7.22. The molecule has 0 saturated carbocycles. The second-order valence-electron chi connectivity index (χ2n) is 13.3. The van der Waals surface area contributed by atoms with Crippen LogP contribution in [0.2, 0.25) is 0 Å². The van der Waals surface area contributed by atoms with Crippen LogP contribution in [0, 0.1) is 0 Å². The van der Waals surface area contributed by atoms with E-state index in [9.17, 15) is 78.0 Å². The highest BCUT2D eigenvalue weighted by molar-refractivity contribution is 5.98. The van der Waals surface area contributed by atoms with Gasteiger partial charge >= 0.3 is 23.9 Å². The third-order valence-electron chi connectivity index (χ3n) is 8.36. The molecule has 336 valence electrons. The van der Waals surface area contributed by atoms with Gasteiger partial charge in [-0.15, -0.1) is 0 Å². The quantitative estimate of drug-likeness (QED) is 0.0356. The maximum atomic E-state index is 13.7. The number of aliphatic hydroxyl groups is 1. The Bertz CT molecular complexity index is 1800. The van der Waals surface area contributed by atoms with Crippen molar-refractivity contribution >= 4 is 71.1 Å². The van der Waals surface area contributed by atoms with Gasteiger partial charge < -0.3 is 74.6 Å². The number of primary amides is 2. The molecule has 0 aliphatic carbocycles. The number of carboxylic acid groups (broad SMARTS) is 4. The van der Waals surface area contributed by atoms with E-state index in [0.717, 1.165) is 0 Å². The predicted octanol–water partition coefficient (Wildman–Crippen LogP) is -6.11. The number of nitrogens with one attached hydrogen (secondary N) is 6. The van der Waals surface area contributed by atoms with Gasteiger partial charge in [-0.2, -0.15) is 0 Å². The van der Waals surface area contributed by atoms with E-state index in [0.29, 0.717) is 5.56 Å². The summed E-state index contributed by atoms with van der Waals surface area (Å²) >= 11 is 0. The predicted molar refractivity (Wildman–Crippen MR) is 203 cm³/mol. The molecule has 1 aromatic rings. The summed E-state index contributed by atoms with van der Waals surface area (Å²) in [7, 11) is 0. The van der Waals surface area contributed by atoms with Gasteiger partial charge in [-0.25, -0.2) is 4.79 Å². The van der Waals surface area contributed by atoms with Crippen molar-refractivity contribution in [2.45, 2.75) is 100 Å². The number of aliphatic carboxylic acids is 4. The number of aliphatic hydroxyl groups excluding tert-OH is 1. The van der Waals surface area contributed by atoms with E-state index in [1.807, 2.05) is 5.32 Å². The first-order chi connectivity index (χ1) is 28.5. The minimum absolute atomic E-state index is 0.343. The van der Waals surface area contributed by atoms with Crippen molar-refractivity contribution < 1.29 is 83.1 Å². The monoisotopic (exact) mass is 867 g/mol. The first kappa shape index (κ1) is 51.8. The molecule has 0 aliphatic rings. The Morgan fingerprint density at radius 3 is 1.38 bits per heavy atom. The van der Waals surface area contributed by atoms with E-state index in [-0.39, 0.29) is 6.42 Å². The molecule has 0 heterocycles. The fourth-order valence-electron chi connectivity index (χ4n) is 5.18. The summed E-state index contributed by atoms with van der Waals surface area (Å²) < 4.78 is 0. The van der Waals surface area contributed by atoms with Crippen molar-refractivity contribution in [3.05, 3.63) is 35.9 Å². The van der Waals surface area contributed by atoms with Crippen molar-refractivity contribution in [2.24, 2.45) is 17.2 Å². The molecule has 0 fully saturated rings. The topological polar surface area (TPSA) is 456 Å². The van der Waals surface area contributed by atoms with Gasteiger partial charge in [0.05, 0.1) is 25.5 Å². The average Bonchev–Trinajstić information content (AvgIpc) is 3.17. The lowest BCUT2D eigenvalue weighted by atomic mass is 10.0. The fourth-order valence-corrected chi connectivity index (χ4v) is 5.18. The van der Waals surface area contributed by atoms with Gasteiger partial charge in [-0.3, -0.25) is 52.7 Å². The van der Waals surface area contributed by atoms with Crippen LogP contribution < -0.4 is 49.1 Å². The minimum atomic E-state index is -1.92. The molecule has 61 heavy (non-hydrogen) atoms. The van der Waals surface area contributed by atoms with Gasteiger partial charge in [0.2, 0.25) is 47.3 Å². The largest absolute Gasteiger partial charge is 0.481 e. The molecule has 1 rings (SSSR count). The van der Waals surface area contributed by atoms with E-state index in [1.165, 1.54) is 12.1 Å². The van der Waals surface area contributed by atoms with Gasteiger partial charge in [-0.1, -0.05) is 30.3 Å². The molecule has 0 aromatic heterocycles. The van der Waals surface area contributed by atoms with Gasteiger partial charge in [0.1, 0.15) is 36.3 Å². The molecule has 0 unspecified atom stereocenters. The lowest BCUT2D eigenvalue weighted by Crippen LogP contribution is -2.61. The first-order valence-electron chi connectivity index (χ1n) is 18.2. The lowest BCUT2D eigenvalue weighted by Gasteiger charge is -2.27. The highest BCUT2D eigenvalue weighted by Crippen LogP contribution is 2.09. The first-order valence-corrected chi connectivity index (χ1v) is 18.2. The van der Waals surface area contributed by atoms with Crippen molar-refractivity contribution in [1.29, 1.82) is 0 Å². The fraction of sp³-hybridized carbons (Fsp3) is 0.486. The lowest BCUT2D eigenvalue weighted by molar-refractivity contribution is -0.144. The number of carbonyl (C=O) groups is 12. The summed E-state index contributed by atoms with van der Waals surface area (Å²) in [5, 5.41) is 59.8. The van der Waals surface area contributed by atoms with Crippen molar-refractivity contribution in [3.8, 4) is 0 Å². The molecule has 8 amide bonds. The Balaban J connectivity index is 3.42. The van der Waals surface area contributed by atoms with Crippen LogP contribution in [-0.4, -0.2) is 146 Å². The molecule has 0 bridgehead atoms. The van der Waals surface area contributed by atoms with Crippen LogP contribution in [0.15, 0.2) is 30.3 Å². The summed E-state index contributed by atoms with van der Waals surface area (Å²) in [6.45, 7) is -1.15. The zero-order chi connectivity index (χ0) is 46.4. The molecule has 26 heteroatoms. The van der Waals surface area contributed by atoms with E-state index < -0.39 is 171 Å². The van der Waals surface area contributed by atoms with E-state index in [1.54, 1.807) is 18.2 Å². The third-order valence-corrected chi connectivity index (χ3v) is 8.36. The van der Waals surface area contributed by atoms with E-state index >= 15 is 0 Å². The number of hydrogen-bond donors (Lipinski definition) is 14. The summed E-state index contributed by atoms with van der Waals surface area (Å²) in [6, 6.07) is -4.61. The Kier molecular flexibility index (Phi) is 22.1. The van der Waals surface area contributed by atoms with Crippen LogP contribution in [0.25, 0.3) is 0 Å². The summed E-state index contributed by atoms with van der Waals surface area (Å²) in [4.78, 5) is 148. The Morgan fingerprint density at radius 2 is 0.902 bits per heavy atom. The Labute approximate surface area is 345 Å². The summed E-state index contributed by atoms with van der Waals surface area (Å²) in [5.74, 6) is -15.4. The van der Waals surface area contributed by atoms with Crippen LogP contribution in [0.4, 0.5) is 0 Å². The number of nitrogens with two attached hydrogens (primary N) is 3. The molecule has 0 spiro atoms. The number of carbonyl (C=O) groups excluding carboxylic acids is 8. The van der Waals surface area contributed by atoms with Crippen molar-refractivity contribution in [3.63, 3.8) is 0 Å². The minimum Gasteiger partial charge on any atom is -0.481 e. The highest BCUT2D eigenvalue weighted by atomic mass is 16.4. The Morgan fingerprint density at radius 1 is 0.475 bits per heavy atom. The molecule has 0 aliphatic heterocycles. The number of hydrogen-bond acceptors (Lipinski definition) is 14. The molecular formula is C35H49N9O17. The summed E-state index contributed by atoms with van der Waals surface area (Å²) in [6.07, 6.45) is -5.69. The van der Waals surface area contributed by atoms with Crippen LogP contribution in [0.5, 0.6) is 0 Å². The standard InChI is InChI=1S/C35H49N9O17/c36-17(6-10-26(48)49)29(54)41-21(14-28(52)53)33(58)39-19(8-11-27(50)51)30(55)42-20(12-16-4-2-1-3-5-16)32(57)44-23(15-45)34(59)40-18(7-9-24(37)46)31(56)43-22(35(60)61)13-25(38)47/h1-5,17-23,45H,6-15,36H2,(H2,37,46)(H2,38,47)(H,39,58)(H,40,59)(H,41,54)(H,42,55)(H,43,56)(H,44,57)(H,48,49)(H,50,51)(H,52,53)(H,60,61)/t17-,18-,19-,20-,21-,22-,23-/m0/s1. The van der Waals surface area contributed by atoms with Crippen LogP contribution >= 0.6 is 0 Å². The molecule has 0 saturated heterocycles. The molecular weight excluding hydrogens is 818 g/mol. The number of carboxylic acids is 4. The molecule has 17 N–H and O–H groups in total. The van der Waals surface area contributed by atoms with Gasteiger partial charge in [-0.05, 0) is 24.8 Å². The SMILES string of the molecule is NC(=O)CC[C@H](NC(=O)[C@H](CO)NC(=O)[C@H](Cc1ccccc1)NC(=O)[C@H](CCC(=O)O)NC(=O)[C@H](CC(=O)O)NC(=O)[C@@H](N)CCC(=O)O)C(=O)N[C@@H](CC(N)=O)C(=O)O. The zero-order valence-electron chi connectivity index (χ0n) is 32.4. The van der Waals surface area contributed by atoms with Gasteiger partial charge in [0, 0.05) is 25.7 Å².